The summed E-state index contributed by atoms with van der Waals surface area (Å²) >= 11 is 0. The third-order valence-electron chi connectivity index (χ3n) is 4.92. The SMILES string of the molecule is CCOc1ccccc1NC(=O)C1(C(=O)N2CCCCCC2)CC1. The molecule has 5 nitrogen and oxygen atoms in total. The Morgan fingerprint density at radius 1 is 1.12 bits per heavy atom. The number of nitrogens with zero attached hydrogens (tertiary/aromatic N) is 1. The van der Waals surface area contributed by atoms with E-state index >= 15 is 0 Å². The summed E-state index contributed by atoms with van der Waals surface area (Å²) in [6, 6.07) is 7.37. The first-order chi connectivity index (χ1) is 11.7. The highest BCUT2D eigenvalue weighted by Crippen LogP contribution is 2.48. The number of rotatable bonds is 5. The van der Waals surface area contributed by atoms with Gasteiger partial charge >= 0.3 is 0 Å². The van der Waals surface area contributed by atoms with Gasteiger partial charge in [-0.25, -0.2) is 0 Å². The summed E-state index contributed by atoms with van der Waals surface area (Å²) in [7, 11) is 0. The molecule has 1 aromatic rings. The molecular weight excluding hydrogens is 304 g/mol. The summed E-state index contributed by atoms with van der Waals surface area (Å²) in [6.45, 7) is 4.00. The lowest BCUT2D eigenvalue weighted by Gasteiger charge is -2.25. The highest BCUT2D eigenvalue weighted by atomic mass is 16.5. The van der Waals surface area contributed by atoms with Crippen LogP contribution in [0.2, 0.25) is 0 Å². The zero-order valence-electron chi connectivity index (χ0n) is 14.3. The molecule has 1 heterocycles. The van der Waals surface area contributed by atoms with E-state index < -0.39 is 5.41 Å². The van der Waals surface area contributed by atoms with Crippen LogP contribution in [0, 0.1) is 5.41 Å². The van der Waals surface area contributed by atoms with E-state index in [0.29, 0.717) is 30.9 Å². The highest BCUT2D eigenvalue weighted by Gasteiger charge is 2.58. The van der Waals surface area contributed by atoms with Crippen LogP contribution in [0.3, 0.4) is 0 Å². The maximum absolute atomic E-state index is 12.9. The Balaban J connectivity index is 1.71. The van der Waals surface area contributed by atoms with Crippen molar-refractivity contribution < 1.29 is 14.3 Å². The lowest BCUT2D eigenvalue weighted by molar-refractivity contribution is -0.142. The minimum Gasteiger partial charge on any atom is -0.492 e. The Morgan fingerprint density at radius 2 is 1.79 bits per heavy atom. The predicted octanol–water partition coefficient (Wildman–Crippen LogP) is 3.21. The molecule has 0 unspecified atom stereocenters. The van der Waals surface area contributed by atoms with Gasteiger partial charge in [-0.3, -0.25) is 9.59 Å². The number of para-hydroxylation sites is 2. The first kappa shape index (κ1) is 16.8. The number of hydrogen-bond donors (Lipinski definition) is 1. The predicted molar refractivity (Wildman–Crippen MR) is 93.0 cm³/mol. The van der Waals surface area contributed by atoms with Crippen LogP contribution in [0.25, 0.3) is 0 Å². The molecular formula is C19H26N2O3. The lowest BCUT2D eigenvalue weighted by atomic mass is 10.0. The van der Waals surface area contributed by atoms with E-state index in [0.717, 1.165) is 25.9 Å². The average molecular weight is 330 g/mol. The third kappa shape index (κ3) is 3.40. The van der Waals surface area contributed by atoms with Gasteiger partial charge in [-0.15, -0.1) is 0 Å². The molecule has 0 bridgehead atoms. The highest BCUT2D eigenvalue weighted by molar-refractivity contribution is 6.13. The van der Waals surface area contributed by atoms with E-state index in [-0.39, 0.29) is 11.8 Å². The monoisotopic (exact) mass is 330 g/mol. The van der Waals surface area contributed by atoms with Crippen molar-refractivity contribution in [2.45, 2.75) is 45.4 Å². The van der Waals surface area contributed by atoms with Gasteiger partial charge in [0, 0.05) is 13.1 Å². The quantitative estimate of drug-likeness (QED) is 0.844. The molecule has 1 aromatic carbocycles. The smallest absolute Gasteiger partial charge is 0.240 e. The van der Waals surface area contributed by atoms with Crippen LogP contribution >= 0.6 is 0 Å². The van der Waals surface area contributed by atoms with Gasteiger partial charge in [0.05, 0.1) is 12.3 Å². The minimum atomic E-state index is -0.857. The van der Waals surface area contributed by atoms with Gasteiger partial charge in [0.1, 0.15) is 11.2 Å². The van der Waals surface area contributed by atoms with Crippen molar-refractivity contribution in [1.82, 2.24) is 4.90 Å². The van der Waals surface area contributed by atoms with Crippen LogP contribution in [-0.4, -0.2) is 36.4 Å². The largest absolute Gasteiger partial charge is 0.492 e. The molecule has 2 aliphatic rings. The molecule has 0 spiro atoms. The van der Waals surface area contributed by atoms with Gasteiger partial charge in [0.2, 0.25) is 11.8 Å². The van der Waals surface area contributed by atoms with E-state index in [1.165, 1.54) is 12.8 Å². The maximum atomic E-state index is 12.9. The fourth-order valence-corrected chi connectivity index (χ4v) is 3.33. The number of carbonyl (C=O) groups is 2. The summed E-state index contributed by atoms with van der Waals surface area (Å²) in [5.74, 6) is 0.464. The fraction of sp³-hybridized carbons (Fsp3) is 0.579. The van der Waals surface area contributed by atoms with Crippen LogP contribution in [0.4, 0.5) is 5.69 Å². The van der Waals surface area contributed by atoms with Crippen molar-refractivity contribution >= 4 is 17.5 Å². The van der Waals surface area contributed by atoms with Gasteiger partial charge in [0.25, 0.3) is 0 Å². The van der Waals surface area contributed by atoms with Crippen LogP contribution in [0.15, 0.2) is 24.3 Å². The van der Waals surface area contributed by atoms with Crippen LogP contribution in [0.1, 0.15) is 45.4 Å². The number of carbonyl (C=O) groups excluding carboxylic acids is 2. The molecule has 1 saturated carbocycles. The Labute approximate surface area is 143 Å². The summed E-state index contributed by atoms with van der Waals surface area (Å²) in [6.07, 6.45) is 5.71. The Hall–Kier alpha value is -2.04. The zero-order valence-corrected chi connectivity index (χ0v) is 14.3. The second kappa shape index (κ2) is 7.24. The van der Waals surface area contributed by atoms with Crippen LogP contribution in [-0.2, 0) is 9.59 Å². The number of anilines is 1. The van der Waals surface area contributed by atoms with E-state index in [1.807, 2.05) is 36.1 Å². The molecule has 1 saturated heterocycles. The van der Waals surface area contributed by atoms with E-state index in [9.17, 15) is 9.59 Å². The third-order valence-corrected chi connectivity index (χ3v) is 4.92. The van der Waals surface area contributed by atoms with Crippen LogP contribution < -0.4 is 10.1 Å². The number of benzene rings is 1. The van der Waals surface area contributed by atoms with Gasteiger partial charge < -0.3 is 15.0 Å². The average Bonchev–Trinajstić information content (AvgIpc) is 3.41. The van der Waals surface area contributed by atoms with Crippen molar-refractivity contribution in [1.29, 1.82) is 0 Å². The molecule has 1 N–H and O–H groups in total. The van der Waals surface area contributed by atoms with E-state index in [1.54, 1.807) is 0 Å². The molecule has 0 atom stereocenters. The maximum Gasteiger partial charge on any atom is 0.240 e. The number of amides is 2. The number of likely N-dealkylation sites (tertiary alicyclic amines) is 1. The number of hydrogen-bond acceptors (Lipinski definition) is 3. The second-order valence-corrected chi connectivity index (χ2v) is 6.67. The van der Waals surface area contributed by atoms with Gasteiger partial charge in [-0.05, 0) is 44.7 Å². The molecule has 1 aliphatic heterocycles. The van der Waals surface area contributed by atoms with Crippen molar-refractivity contribution in [3.05, 3.63) is 24.3 Å². The number of ether oxygens (including phenoxy) is 1. The van der Waals surface area contributed by atoms with Crippen molar-refractivity contribution in [2.75, 3.05) is 25.0 Å². The Morgan fingerprint density at radius 3 is 2.42 bits per heavy atom. The van der Waals surface area contributed by atoms with Gasteiger partial charge in [-0.1, -0.05) is 25.0 Å². The topological polar surface area (TPSA) is 58.6 Å². The first-order valence-electron chi connectivity index (χ1n) is 9.00. The molecule has 5 heteroatoms. The summed E-state index contributed by atoms with van der Waals surface area (Å²) in [4.78, 5) is 27.6. The molecule has 130 valence electrons. The summed E-state index contributed by atoms with van der Waals surface area (Å²) in [5.41, 5.74) is -0.219. The fourth-order valence-electron chi connectivity index (χ4n) is 3.33. The first-order valence-corrected chi connectivity index (χ1v) is 9.00. The van der Waals surface area contributed by atoms with Crippen molar-refractivity contribution in [2.24, 2.45) is 5.41 Å². The molecule has 2 amide bonds. The Bertz CT molecular complexity index is 602. The Kier molecular flexibility index (Phi) is 5.07. The standard InChI is InChI=1S/C19H26N2O3/c1-2-24-16-10-6-5-9-15(16)20-17(22)19(11-12-19)18(23)21-13-7-3-4-8-14-21/h5-6,9-10H,2-4,7-8,11-14H2,1H3,(H,20,22). The summed E-state index contributed by atoms with van der Waals surface area (Å²) < 4.78 is 5.55. The normalized spacial score (nSPS) is 19.3. The van der Waals surface area contributed by atoms with Crippen LogP contribution in [0.5, 0.6) is 5.75 Å². The van der Waals surface area contributed by atoms with Gasteiger partial charge in [-0.2, -0.15) is 0 Å². The molecule has 24 heavy (non-hydrogen) atoms. The van der Waals surface area contributed by atoms with Crippen molar-refractivity contribution in [3.8, 4) is 5.75 Å². The zero-order chi connectivity index (χ0) is 17.0. The minimum absolute atomic E-state index is 0.00999. The van der Waals surface area contributed by atoms with E-state index in [4.69, 9.17) is 4.74 Å². The molecule has 2 fully saturated rings. The molecule has 3 rings (SSSR count). The van der Waals surface area contributed by atoms with Crippen molar-refractivity contribution in [3.63, 3.8) is 0 Å². The molecule has 0 radical (unpaired) electrons. The molecule has 0 aromatic heterocycles. The second-order valence-electron chi connectivity index (χ2n) is 6.67. The van der Waals surface area contributed by atoms with Gasteiger partial charge in [0.15, 0.2) is 0 Å². The van der Waals surface area contributed by atoms with E-state index in [2.05, 4.69) is 5.32 Å². The number of nitrogens with one attached hydrogen (secondary N) is 1. The molecule has 1 aliphatic carbocycles. The lowest BCUT2D eigenvalue weighted by Crippen LogP contribution is -2.43. The summed E-state index contributed by atoms with van der Waals surface area (Å²) in [5, 5.41) is 2.92.